The molecule has 0 amide bonds. The largest absolute Gasteiger partial charge is 0.394 e. The predicted molar refractivity (Wildman–Crippen MR) is 77.7 cm³/mol. The van der Waals surface area contributed by atoms with E-state index in [9.17, 15) is 5.11 Å². The second-order valence-corrected chi connectivity index (χ2v) is 5.21. The monoisotopic (exact) mass is 280 g/mol. The van der Waals surface area contributed by atoms with E-state index in [0.717, 1.165) is 25.1 Å². The fraction of sp³-hybridized carbons (Fsp3) is 0.714. The Labute approximate surface area is 120 Å². The van der Waals surface area contributed by atoms with Crippen LogP contribution in [0, 0.1) is 0 Å². The first kappa shape index (κ1) is 15.2. The fourth-order valence-corrected chi connectivity index (χ4v) is 2.20. The SMILES string of the molecule is CCCNCc1cnc(N2CC(CO)OCC2C)nc1. The van der Waals surface area contributed by atoms with Gasteiger partial charge < -0.3 is 20.1 Å². The van der Waals surface area contributed by atoms with Crippen LogP contribution in [-0.4, -0.2) is 53.5 Å². The minimum Gasteiger partial charge on any atom is -0.394 e. The van der Waals surface area contributed by atoms with E-state index in [1.165, 1.54) is 0 Å². The molecule has 1 aromatic heterocycles. The molecular weight excluding hydrogens is 256 g/mol. The van der Waals surface area contributed by atoms with Gasteiger partial charge in [0.1, 0.15) is 0 Å². The number of anilines is 1. The summed E-state index contributed by atoms with van der Waals surface area (Å²) in [6.07, 6.45) is 4.69. The van der Waals surface area contributed by atoms with E-state index in [2.05, 4.69) is 34.0 Å². The van der Waals surface area contributed by atoms with Crippen molar-refractivity contribution in [3.63, 3.8) is 0 Å². The standard InChI is InChI=1S/C14H24N4O2/c1-3-4-15-5-12-6-16-14(17-7-12)18-8-13(9-19)20-10-11(18)2/h6-7,11,13,15,19H,3-5,8-10H2,1-2H3. The normalized spacial score (nSPS) is 23.1. The lowest BCUT2D eigenvalue weighted by Crippen LogP contribution is -2.50. The van der Waals surface area contributed by atoms with E-state index in [-0.39, 0.29) is 18.8 Å². The van der Waals surface area contributed by atoms with E-state index in [0.29, 0.717) is 19.1 Å². The highest BCUT2D eigenvalue weighted by atomic mass is 16.5. The van der Waals surface area contributed by atoms with Crippen molar-refractivity contribution in [2.75, 3.05) is 31.2 Å². The molecule has 0 spiro atoms. The summed E-state index contributed by atoms with van der Waals surface area (Å²) < 4.78 is 5.52. The lowest BCUT2D eigenvalue weighted by molar-refractivity contribution is -0.0108. The third kappa shape index (κ3) is 3.88. The number of aromatic nitrogens is 2. The van der Waals surface area contributed by atoms with Gasteiger partial charge >= 0.3 is 0 Å². The third-order valence-electron chi connectivity index (χ3n) is 3.41. The van der Waals surface area contributed by atoms with Gasteiger partial charge in [-0.15, -0.1) is 0 Å². The van der Waals surface area contributed by atoms with Crippen LogP contribution in [0.5, 0.6) is 0 Å². The molecule has 6 heteroatoms. The van der Waals surface area contributed by atoms with Crippen LogP contribution in [0.3, 0.4) is 0 Å². The van der Waals surface area contributed by atoms with Crippen LogP contribution >= 0.6 is 0 Å². The van der Waals surface area contributed by atoms with Crippen molar-refractivity contribution >= 4 is 5.95 Å². The van der Waals surface area contributed by atoms with E-state index >= 15 is 0 Å². The number of hydrogen-bond acceptors (Lipinski definition) is 6. The molecule has 1 aromatic rings. The van der Waals surface area contributed by atoms with Crippen molar-refractivity contribution in [2.24, 2.45) is 0 Å². The Morgan fingerprint density at radius 3 is 2.85 bits per heavy atom. The van der Waals surface area contributed by atoms with Gasteiger partial charge in [0.25, 0.3) is 0 Å². The molecule has 2 atom stereocenters. The van der Waals surface area contributed by atoms with Crippen molar-refractivity contribution in [3.8, 4) is 0 Å². The van der Waals surface area contributed by atoms with Crippen molar-refractivity contribution in [3.05, 3.63) is 18.0 Å². The molecular formula is C14H24N4O2. The Bertz CT molecular complexity index is 399. The molecule has 112 valence electrons. The Morgan fingerprint density at radius 2 is 2.20 bits per heavy atom. The number of nitrogens with one attached hydrogen (secondary N) is 1. The molecule has 1 saturated heterocycles. The zero-order valence-corrected chi connectivity index (χ0v) is 12.2. The molecule has 20 heavy (non-hydrogen) atoms. The Balaban J connectivity index is 1.97. The Morgan fingerprint density at radius 1 is 1.45 bits per heavy atom. The number of aliphatic hydroxyl groups is 1. The van der Waals surface area contributed by atoms with Crippen LogP contribution in [0.25, 0.3) is 0 Å². The van der Waals surface area contributed by atoms with Crippen LogP contribution in [0.4, 0.5) is 5.95 Å². The summed E-state index contributed by atoms with van der Waals surface area (Å²) in [6, 6.07) is 0.224. The van der Waals surface area contributed by atoms with Crippen LogP contribution in [-0.2, 0) is 11.3 Å². The van der Waals surface area contributed by atoms with Gasteiger partial charge in [0.05, 0.1) is 25.4 Å². The number of morpholine rings is 1. The molecule has 2 rings (SSSR count). The van der Waals surface area contributed by atoms with Gasteiger partial charge in [-0.2, -0.15) is 0 Å². The zero-order valence-electron chi connectivity index (χ0n) is 12.2. The van der Waals surface area contributed by atoms with Crippen LogP contribution < -0.4 is 10.2 Å². The molecule has 6 nitrogen and oxygen atoms in total. The molecule has 1 aliphatic rings. The molecule has 1 aliphatic heterocycles. The van der Waals surface area contributed by atoms with Crippen LogP contribution in [0.15, 0.2) is 12.4 Å². The predicted octanol–water partition coefficient (Wildman–Crippen LogP) is 0.562. The van der Waals surface area contributed by atoms with Crippen molar-refractivity contribution in [1.82, 2.24) is 15.3 Å². The maximum atomic E-state index is 9.21. The van der Waals surface area contributed by atoms with Gasteiger partial charge in [-0.05, 0) is 19.9 Å². The number of aliphatic hydroxyl groups excluding tert-OH is 1. The van der Waals surface area contributed by atoms with E-state index < -0.39 is 0 Å². The lowest BCUT2D eigenvalue weighted by Gasteiger charge is -2.37. The molecule has 2 heterocycles. The molecule has 2 N–H and O–H groups in total. The van der Waals surface area contributed by atoms with E-state index in [1.807, 2.05) is 12.4 Å². The summed E-state index contributed by atoms with van der Waals surface area (Å²) in [6.45, 7) is 7.27. The summed E-state index contributed by atoms with van der Waals surface area (Å²) in [7, 11) is 0. The topological polar surface area (TPSA) is 70.5 Å². The average Bonchev–Trinajstić information content (AvgIpc) is 2.49. The molecule has 1 fully saturated rings. The first-order valence-corrected chi connectivity index (χ1v) is 7.25. The van der Waals surface area contributed by atoms with Gasteiger partial charge in [-0.1, -0.05) is 6.92 Å². The maximum absolute atomic E-state index is 9.21. The molecule has 0 bridgehead atoms. The number of hydrogen-bond donors (Lipinski definition) is 2. The zero-order chi connectivity index (χ0) is 14.4. The van der Waals surface area contributed by atoms with Gasteiger partial charge in [0.2, 0.25) is 5.95 Å². The molecule has 0 aliphatic carbocycles. The van der Waals surface area contributed by atoms with E-state index in [4.69, 9.17) is 4.74 Å². The van der Waals surface area contributed by atoms with Gasteiger partial charge in [0, 0.05) is 31.0 Å². The number of rotatable bonds is 6. The smallest absolute Gasteiger partial charge is 0.225 e. The molecule has 0 aromatic carbocycles. The van der Waals surface area contributed by atoms with Gasteiger partial charge in [0.15, 0.2) is 0 Å². The number of ether oxygens (including phenoxy) is 1. The maximum Gasteiger partial charge on any atom is 0.225 e. The summed E-state index contributed by atoms with van der Waals surface area (Å²) >= 11 is 0. The second-order valence-electron chi connectivity index (χ2n) is 5.21. The molecule has 2 unspecified atom stereocenters. The fourth-order valence-electron chi connectivity index (χ4n) is 2.20. The highest BCUT2D eigenvalue weighted by Crippen LogP contribution is 2.17. The van der Waals surface area contributed by atoms with Crippen LogP contribution in [0.1, 0.15) is 25.8 Å². The van der Waals surface area contributed by atoms with Gasteiger partial charge in [-0.25, -0.2) is 9.97 Å². The molecule has 0 radical (unpaired) electrons. The van der Waals surface area contributed by atoms with Crippen molar-refractivity contribution < 1.29 is 9.84 Å². The van der Waals surface area contributed by atoms with Crippen molar-refractivity contribution in [1.29, 1.82) is 0 Å². The second kappa shape index (κ2) is 7.52. The highest BCUT2D eigenvalue weighted by molar-refractivity contribution is 5.32. The van der Waals surface area contributed by atoms with Gasteiger partial charge in [-0.3, -0.25) is 0 Å². The minimum atomic E-state index is -0.152. The highest BCUT2D eigenvalue weighted by Gasteiger charge is 2.27. The summed E-state index contributed by atoms with van der Waals surface area (Å²) in [5, 5.41) is 12.5. The summed E-state index contributed by atoms with van der Waals surface area (Å²) in [5.41, 5.74) is 1.09. The summed E-state index contributed by atoms with van der Waals surface area (Å²) in [5.74, 6) is 0.707. The van der Waals surface area contributed by atoms with Crippen molar-refractivity contribution in [2.45, 2.75) is 39.0 Å². The third-order valence-corrected chi connectivity index (χ3v) is 3.41. The van der Waals surface area contributed by atoms with Crippen LogP contribution in [0.2, 0.25) is 0 Å². The quantitative estimate of drug-likeness (QED) is 0.742. The Kier molecular flexibility index (Phi) is 5.70. The summed E-state index contributed by atoms with van der Waals surface area (Å²) in [4.78, 5) is 11.0. The lowest BCUT2D eigenvalue weighted by atomic mass is 10.2. The number of nitrogens with zero attached hydrogens (tertiary/aromatic N) is 3. The molecule has 0 saturated carbocycles. The van der Waals surface area contributed by atoms with E-state index in [1.54, 1.807) is 0 Å². The minimum absolute atomic E-state index is 0.0300. The average molecular weight is 280 g/mol. The Hall–Kier alpha value is -1.24. The first-order valence-electron chi connectivity index (χ1n) is 7.25. The first-order chi connectivity index (χ1) is 9.74.